The first-order valence-electron chi connectivity index (χ1n) is 6.45. The highest BCUT2D eigenvalue weighted by Gasteiger charge is 2.15. The maximum Gasteiger partial charge on any atom is 0.0726 e. The van der Waals surface area contributed by atoms with Gasteiger partial charge in [-0.15, -0.1) is 12.4 Å². The molecular formula is C15H19ClN2O. The number of hydrogen-bond donors (Lipinski definition) is 0. The first kappa shape index (κ1) is 14.1. The Balaban J connectivity index is 0.00000133. The fraction of sp³-hybridized carbons (Fsp3) is 0.400. The average Bonchev–Trinajstić information content (AvgIpc) is 2.39. The summed E-state index contributed by atoms with van der Waals surface area (Å²) in [5, 5.41) is 1.25. The zero-order chi connectivity index (χ0) is 12.5. The van der Waals surface area contributed by atoms with Crippen molar-refractivity contribution < 1.29 is 4.74 Å². The Morgan fingerprint density at radius 3 is 2.58 bits per heavy atom. The van der Waals surface area contributed by atoms with Gasteiger partial charge in [0, 0.05) is 29.9 Å². The molecule has 1 saturated heterocycles. The van der Waals surface area contributed by atoms with Crippen molar-refractivity contribution in [3.8, 4) is 0 Å². The van der Waals surface area contributed by atoms with Gasteiger partial charge in [0.2, 0.25) is 0 Å². The number of fused-ring (bicyclic) bond motifs is 1. The number of halogens is 1. The maximum absolute atomic E-state index is 5.43. The van der Waals surface area contributed by atoms with Crippen LogP contribution in [0.2, 0.25) is 0 Å². The van der Waals surface area contributed by atoms with E-state index in [4.69, 9.17) is 4.74 Å². The summed E-state index contributed by atoms with van der Waals surface area (Å²) in [6, 6.07) is 8.65. The van der Waals surface area contributed by atoms with E-state index in [1.807, 2.05) is 0 Å². The van der Waals surface area contributed by atoms with Crippen molar-refractivity contribution >= 4 is 29.0 Å². The molecule has 1 aliphatic rings. The Labute approximate surface area is 120 Å². The third-order valence-electron chi connectivity index (χ3n) is 3.42. The van der Waals surface area contributed by atoms with Crippen LogP contribution in [0.4, 0.5) is 5.69 Å². The molecule has 0 atom stereocenters. The number of aryl methyl sites for hydroxylation is 2. The number of morpholine rings is 1. The van der Waals surface area contributed by atoms with Gasteiger partial charge in [-0.25, -0.2) is 0 Å². The molecule has 0 unspecified atom stereocenters. The Bertz CT molecular complexity index is 580. The van der Waals surface area contributed by atoms with Gasteiger partial charge in [-0.3, -0.25) is 4.98 Å². The lowest BCUT2D eigenvalue weighted by Gasteiger charge is -2.30. The molecule has 0 saturated carbocycles. The molecule has 1 fully saturated rings. The molecule has 0 spiro atoms. The van der Waals surface area contributed by atoms with Crippen LogP contribution in [0.5, 0.6) is 0 Å². The molecule has 102 valence electrons. The minimum Gasteiger partial charge on any atom is -0.378 e. The molecule has 3 nitrogen and oxygen atoms in total. The number of pyridine rings is 1. The van der Waals surface area contributed by atoms with Crippen molar-refractivity contribution in [3.63, 3.8) is 0 Å². The SMILES string of the molecule is Cc1ccc2nc(C)cc(N3CCOCC3)c2c1.Cl. The predicted molar refractivity (Wildman–Crippen MR) is 81.5 cm³/mol. The summed E-state index contributed by atoms with van der Waals surface area (Å²) >= 11 is 0. The average molecular weight is 279 g/mol. The fourth-order valence-electron chi connectivity index (χ4n) is 2.52. The van der Waals surface area contributed by atoms with Crippen molar-refractivity contribution in [1.29, 1.82) is 0 Å². The van der Waals surface area contributed by atoms with Crippen LogP contribution < -0.4 is 4.90 Å². The fourth-order valence-corrected chi connectivity index (χ4v) is 2.52. The van der Waals surface area contributed by atoms with Gasteiger partial charge in [-0.05, 0) is 32.0 Å². The third-order valence-corrected chi connectivity index (χ3v) is 3.42. The summed E-state index contributed by atoms with van der Waals surface area (Å²) in [7, 11) is 0. The summed E-state index contributed by atoms with van der Waals surface area (Å²) in [4.78, 5) is 7.02. The summed E-state index contributed by atoms with van der Waals surface area (Å²) in [6.07, 6.45) is 0. The Hall–Kier alpha value is -1.32. The molecule has 0 bridgehead atoms. The number of hydrogen-bond acceptors (Lipinski definition) is 3. The maximum atomic E-state index is 5.43. The van der Waals surface area contributed by atoms with E-state index in [2.05, 4.69) is 48.0 Å². The number of anilines is 1. The minimum absolute atomic E-state index is 0. The van der Waals surface area contributed by atoms with Crippen LogP contribution in [0.1, 0.15) is 11.3 Å². The second-order valence-electron chi connectivity index (χ2n) is 4.90. The number of ether oxygens (including phenoxy) is 1. The molecule has 0 amide bonds. The van der Waals surface area contributed by atoms with Crippen molar-refractivity contribution in [2.45, 2.75) is 13.8 Å². The van der Waals surface area contributed by atoms with Gasteiger partial charge in [0.15, 0.2) is 0 Å². The van der Waals surface area contributed by atoms with Gasteiger partial charge in [0.1, 0.15) is 0 Å². The van der Waals surface area contributed by atoms with Crippen LogP contribution >= 0.6 is 12.4 Å². The van der Waals surface area contributed by atoms with E-state index in [0.29, 0.717) is 0 Å². The summed E-state index contributed by atoms with van der Waals surface area (Å²) in [6.45, 7) is 7.74. The van der Waals surface area contributed by atoms with E-state index in [1.165, 1.54) is 16.6 Å². The van der Waals surface area contributed by atoms with Crippen molar-refractivity contribution in [2.24, 2.45) is 0 Å². The van der Waals surface area contributed by atoms with E-state index < -0.39 is 0 Å². The Kier molecular flexibility index (Phi) is 4.27. The molecule has 3 rings (SSSR count). The van der Waals surface area contributed by atoms with Gasteiger partial charge in [-0.1, -0.05) is 11.6 Å². The third kappa shape index (κ3) is 2.82. The van der Waals surface area contributed by atoms with Gasteiger partial charge >= 0.3 is 0 Å². The van der Waals surface area contributed by atoms with Crippen LogP contribution in [-0.4, -0.2) is 31.3 Å². The van der Waals surface area contributed by atoms with Crippen molar-refractivity contribution in [2.75, 3.05) is 31.2 Å². The number of nitrogens with zero attached hydrogens (tertiary/aromatic N) is 2. The summed E-state index contributed by atoms with van der Waals surface area (Å²) in [5.41, 5.74) is 4.74. The van der Waals surface area contributed by atoms with Crippen LogP contribution in [0.25, 0.3) is 10.9 Å². The molecule has 0 radical (unpaired) electrons. The van der Waals surface area contributed by atoms with Gasteiger partial charge in [-0.2, -0.15) is 0 Å². The zero-order valence-electron chi connectivity index (χ0n) is 11.3. The standard InChI is InChI=1S/C15H18N2O.ClH/c1-11-3-4-14-13(9-11)15(10-12(2)16-14)17-5-7-18-8-6-17;/h3-4,9-10H,5-8H2,1-2H3;1H. The molecule has 1 aromatic carbocycles. The highest BCUT2D eigenvalue weighted by atomic mass is 35.5. The zero-order valence-corrected chi connectivity index (χ0v) is 12.2. The molecule has 19 heavy (non-hydrogen) atoms. The lowest BCUT2D eigenvalue weighted by molar-refractivity contribution is 0.123. The highest BCUT2D eigenvalue weighted by molar-refractivity contribution is 5.92. The molecule has 2 heterocycles. The van der Waals surface area contributed by atoms with E-state index in [0.717, 1.165) is 37.5 Å². The number of aromatic nitrogens is 1. The molecule has 1 aliphatic heterocycles. The van der Waals surface area contributed by atoms with Crippen LogP contribution in [-0.2, 0) is 4.74 Å². The number of benzene rings is 1. The van der Waals surface area contributed by atoms with Crippen LogP contribution in [0.15, 0.2) is 24.3 Å². The normalized spacial score (nSPS) is 15.4. The summed E-state index contributed by atoms with van der Waals surface area (Å²) < 4.78 is 5.43. The molecule has 4 heteroatoms. The van der Waals surface area contributed by atoms with E-state index in [1.54, 1.807) is 0 Å². The number of rotatable bonds is 1. The topological polar surface area (TPSA) is 25.4 Å². The second kappa shape index (κ2) is 5.76. The second-order valence-corrected chi connectivity index (χ2v) is 4.90. The quantitative estimate of drug-likeness (QED) is 0.801. The highest BCUT2D eigenvalue weighted by Crippen LogP contribution is 2.28. The lowest BCUT2D eigenvalue weighted by Crippen LogP contribution is -2.36. The van der Waals surface area contributed by atoms with E-state index in [9.17, 15) is 0 Å². The minimum atomic E-state index is 0. The molecule has 0 aliphatic carbocycles. The first-order valence-corrected chi connectivity index (χ1v) is 6.45. The smallest absolute Gasteiger partial charge is 0.0726 e. The molecule has 1 aromatic heterocycles. The van der Waals surface area contributed by atoms with Crippen molar-refractivity contribution in [3.05, 3.63) is 35.5 Å². The van der Waals surface area contributed by atoms with Gasteiger partial charge < -0.3 is 9.64 Å². The lowest BCUT2D eigenvalue weighted by atomic mass is 10.1. The molecule has 0 N–H and O–H groups in total. The molecular weight excluding hydrogens is 260 g/mol. The Morgan fingerprint density at radius 2 is 1.84 bits per heavy atom. The monoisotopic (exact) mass is 278 g/mol. The van der Waals surface area contributed by atoms with Crippen LogP contribution in [0.3, 0.4) is 0 Å². The predicted octanol–water partition coefficient (Wildman–Crippen LogP) is 3.11. The summed E-state index contributed by atoms with van der Waals surface area (Å²) in [5.74, 6) is 0. The molecule has 2 aromatic rings. The van der Waals surface area contributed by atoms with E-state index in [-0.39, 0.29) is 12.4 Å². The Morgan fingerprint density at radius 1 is 1.11 bits per heavy atom. The largest absolute Gasteiger partial charge is 0.378 e. The first-order chi connectivity index (χ1) is 8.74. The van der Waals surface area contributed by atoms with Gasteiger partial charge in [0.25, 0.3) is 0 Å². The van der Waals surface area contributed by atoms with Gasteiger partial charge in [0.05, 0.1) is 18.7 Å². The van der Waals surface area contributed by atoms with Crippen molar-refractivity contribution in [1.82, 2.24) is 4.98 Å². The van der Waals surface area contributed by atoms with E-state index >= 15 is 0 Å². The van der Waals surface area contributed by atoms with Crippen LogP contribution in [0, 0.1) is 13.8 Å².